The van der Waals surface area contributed by atoms with E-state index in [4.69, 9.17) is 14.1 Å². The van der Waals surface area contributed by atoms with E-state index in [-0.39, 0.29) is 5.92 Å². The molecule has 1 atom stereocenters. The first-order valence-electron chi connectivity index (χ1n) is 8.56. The van der Waals surface area contributed by atoms with Gasteiger partial charge in [-0.25, -0.2) is 4.98 Å². The normalized spacial score (nSPS) is 17.0. The number of rotatable bonds is 6. The SMILES string of the molecule is CCCOc1nc(-c2cc(C3COB(O)C3)cnc2C)ccc1OC. The van der Waals surface area contributed by atoms with E-state index < -0.39 is 7.12 Å². The maximum absolute atomic E-state index is 9.59. The van der Waals surface area contributed by atoms with Crippen molar-refractivity contribution < 1.29 is 19.2 Å². The van der Waals surface area contributed by atoms with Gasteiger partial charge in [0.2, 0.25) is 0 Å². The fourth-order valence-corrected chi connectivity index (χ4v) is 2.91. The van der Waals surface area contributed by atoms with Crippen molar-refractivity contribution in [2.45, 2.75) is 32.5 Å². The molecular weight excluding hydrogens is 319 g/mol. The summed E-state index contributed by atoms with van der Waals surface area (Å²) in [6.45, 7) is 5.09. The highest BCUT2D eigenvalue weighted by Crippen LogP contribution is 2.33. The summed E-state index contributed by atoms with van der Waals surface area (Å²) in [6, 6.07) is 5.85. The Hall–Kier alpha value is -2.12. The smallest absolute Gasteiger partial charge is 0.454 e. The third-order valence-electron chi connectivity index (χ3n) is 4.32. The summed E-state index contributed by atoms with van der Waals surface area (Å²) in [7, 11) is 0.914. The van der Waals surface area contributed by atoms with Gasteiger partial charge in [0, 0.05) is 30.0 Å². The Balaban J connectivity index is 1.95. The molecule has 3 heterocycles. The van der Waals surface area contributed by atoms with Crippen molar-refractivity contribution in [1.82, 2.24) is 9.97 Å². The lowest BCUT2D eigenvalue weighted by molar-refractivity contribution is 0.283. The number of hydrogen-bond acceptors (Lipinski definition) is 6. The fraction of sp³-hybridized carbons (Fsp3) is 0.444. The summed E-state index contributed by atoms with van der Waals surface area (Å²) >= 11 is 0. The van der Waals surface area contributed by atoms with E-state index in [1.165, 1.54) is 0 Å². The molecule has 1 N–H and O–H groups in total. The van der Waals surface area contributed by atoms with E-state index in [9.17, 15) is 5.02 Å². The Bertz CT molecular complexity index is 741. The van der Waals surface area contributed by atoms with E-state index in [0.29, 0.717) is 31.2 Å². The summed E-state index contributed by atoms with van der Waals surface area (Å²) in [5, 5.41) is 9.59. The Kier molecular flexibility index (Phi) is 5.55. The van der Waals surface area contributed by atoms with Crippen LogP contribution >= 0.6 is 0 Å². The molecule has 1 aliphatic heterocycles. The largest absolute Gasteiger partial charge is 0.491 e. The Morgan fingerprint density at radius 3 is 2.92 bits per heavy atom. The maximum atomic E-state index is 9.59. The van der Waals surface area contributed by atoms with E-state index >= 15 is 0 Å². The van der Waals surface area contributed by atoms with Crippen LogP contribution in [0.3, 0.4) is 0 Å². The second-order valence-corrected chi connectivity index (χ2v) is 6.17. The summed E-state index contributed by atoms with van der Waals surface area (Å²) in [6.07, 6.45) is 3.34. The van der Waals surface area contributed by atoms with Gasteiger partial charge in [-0.05, 0) is 43.4 Å². The van der Waals surface area contributed by atoms with Crippen molar-refractivity contribution in [3.05, 3.63) is 35.7 Å². The number of methoxy groups -OCH3 is 1. The molecule has 3 rings (SSSR count). The van der Waals surface area contributed by atoms with Gasteiger partial charge < -0.3 is 19.2 Å². The highest BCUT2D eigenvalue weighted by Gasteiger charge is 2.30. The Morgan fingerprint density at radius 2 is 2.24 bits per heavy atom. The third-order valence-corrected chi connectivity index (χ3v) is 4.32. The molecule has 1 saturated heterocycles. The van der Waals surface area contributed by atoms with Crippen molar-refractivity contribution in [1.29, 1.82) is 0 Å². The lowest BCUT2D eigenvalue weighted by atomic mass is 9.79. The van der Waals surface area contributed by atoms with E-state index in [1.54, 1.807) is 7.11 Å². The number of aryl methyl sites for hydroxylation is 1. The van der Waals surface area contributed by atoms with Gasteiger partial charge in [0.1, 0.15) is 0 Å². The second-order valence-electron chi connectivity index (χ2n) is 6.17. The lowest BCUT2D eigenvalue weighted by Crippen LogP contribution is -2.07. The van der Waals surface area contributed by atoms with Crippen LogP contribution in [0.15, 0.2) is 24.4 Å². The summed E-state index contributed by atoms with van der Waals surface area (Å²) in [5.41, 5.74) is 3.68. The molecule has 25 heavy (non-hydrogen) atoms. The first kappa shape index (κ1) is 17.7. The molecule has 1 aliphatic rings. The van der Waals surface area contributed by atoms with Crippen molar-refractivity contribution in [2.24, 2.45) is 0 Å². The molecule has 0 saturated carbocycles. The Morgan fingerprint density at radius 1 is 1.40 bits per heavy atom. The topological polar surface area (TPSA) is 73.7 Å². The van der Waals surface area contributed by atoms with Crippen LogP contribution in [0.5, 0.6) is 11.6 Å². The summed E-state index contributed by atoms with van der Waals surface area (Å²) in [4.78, 5) is 9.14. The van der Waals surface area contributed by atoms with E-state index in [2.05, 4.69) is 16.0 Å². The van der Waals surface area contributed by atoms with Gasteiger partial charge in [-0.3, -0.25) is 4.98 Å². The molecule has 0 radical (unpaired) electrons. The quantitative estimate of drug-likeness (QED) is 0.814. The van der Waals surface area contributed by atoms with Gasteiger partial charge in [-0.15, -0.1) is 0 Å². The third kappa shape index (κ3) is 3.94. The van der Waals surface area contributed by atoms with Gasteiger partial charge in [-0.2, -0.15) is 0 Å². The van der Waals surface area contributed by atoms with Crippen LogP contribution in [-0.4, -0.2) is 42.4 Å². The number of ether oxygens (including phenoxy) is 2. The van der Waals surface area contributed by atoms with Gasteiger partial charge >= 0.3 is 7.12 Å². The molecule has 2 aromatic rings. The molecule has 1 fully saturated rings. The number of hydrogen-bond donors (Lipinski definition) is 1. The zero-order chi connectivity index (χ0) is 17.8. The fourth-order valence-electron chi connectivity index (χ4n) is 2.91. The molecule has 0 bridgehead atoms. The van der Waals surface area contributed by atoms with Crippen molar-refractivity contribution >= 4 is 7.12 Å². The number of pyridine rings is 2. The average Bonchev–Trinajstić information content (AvgIpc) is 3.06. The summed E-state index contributed by atoms with van der Waals surface area (Å²) in [5.74, 6) is 1.26. The van der Waals surface area contributed by atoms with Gasteiger partial charge in [0.05, 0.1) is 19.4 Å². The first-order valence-corrected chi connectivity index (χ1v) is 8.56. The van der Waals surface area contributed by atoms with Crippen LogP contribution in [0, 0.1) is 6.92 Å². The molecule has 1 unspecified atom stereocenters. The zero-order valence-corrected chi connectivity index (χ0v) is 14.9. The van der Waals surface area contributed by atoms with Crippen LogP contribution < -0.4 is 9.47 Å². The zero-order valence-electron chi connectivity index (χ0n) is 14.9. The maximum Gasteiger partial charge on any atom is 0.454 e. The van der Waals surface area contributed by atoms with Crippen LogP contribution in [0.1, 0.15) is 30.5 Å². The van der Waals surface area contributed by atoms with Crippen LogP contribution in [0.2, 0.25) is 6.32 Å². The van der Waals surface area contributed by atoms with Gasteiger partial charge in [-0.1, -0.05) is 6.92 Å². The molecule has 2 aromatic heterocycles. The van der Waals surface area contributed by atoms with Crippen LogP contribution in [0.4, 0.5) is 0 Å². The predicted molar refractivity (Wildman–Crippen MR) is 96.0 cm³/mol. The second kappa shape index (κ2) is 7.84. The number of nitrogens with zero attached hydrogens (tertiary/aromatic N) is 2. The molecule has 0 amide bonds. The molecule has 132 valence electrons. The minimum Gasteiger partial charge on any atom is -0.491 e. The van der Waals surface area contributed by atoms with Gasteiger partial charge in [0.25, 0.3) is 5.88 Å². The highest BCUT2D eigenvalue weighted by molar-refractivity contribution is 6.43. The molecular formula is C18H23BN2O4. The van der Waals surface area contributed by atoms with Crippen molar-refractivity contribution in [2.75, 3.05) is 20.3 Å². The minimum atomic E-state index is -0.692. The molecule has 0 aliphatic carbocycles. The highest BCUT2D eigenvalue weighted by atomic mass is 16.5. The van der Waals surface area contributed by atoms with Gasteiger partial charge in [0.15, 0.2) is 5.75 Å². The predicted octanol–water partition coefficient (Wildman–Crippen LogP) is 2.84. The van der Waals surface area contributed by atoms with Crippen molar-refractivity contribution in [3.8, 4) is 22.9 Å². The molecule has 6 nitrogen and oxygen atoms in total. The summed E-state index contributed by atoms with van der Waals surface area (Å²) < 4.78 is 16.3. The molecule has 7 heteroatoms. The molecule has 0 aromatic carbocycles. The standard InChI is InChI=1S/C18H23BN2O4/c1-4-7-24-18-17(23-3)6-5-16(21-18)15-8-13(10-20-12(15)2)14-9-19(22)25-11-14/h5-6,8,10,14,22H,4,7,9,11H2,1-3H3. The van der Waals surface area contributed by atoms with Crippen LogP contribution in [-0.2, 0) is 4.65 Å². The Labute approximate surface area is 148 Å². The minimum absolute atomic E-state index is 0.149. The van der Waals surface area contributed by atoms with E-state index in [0.717, 1.165) is 28.9 Å². The monoisotopic (exact) mass is 342 g/mol. The van der Waals surface area contributed by atoms with Crippen molar-refractivity contribution in [3.63, 3.8) is 0 Å². The number of aromatic nitrogens is 2. The molecule has 0 spiro atoms. The first-order chi connectivity index (χ1) is 12.1. The van der Waals surface area contributed by atoms with Crippen LogP contribution in [0.25, 0.3) is 11.3 Å². The van der Waals surface area contributed by atoms with E-state index in [1.807, 2.05) is 32.2 Å². The average molecular weight is 342 g/mol. The lowest BCUT2D eigenvalue weighted by Gasteiger charge is -2.14.